The molecule has 2 N–H and O–H groups in total. The average Bonchev–Trinajstić information content (AvgIpc) is 2.92. The minimum atomic E-state index is -0.246. The molecule has 0 radical (unpaired) electrons. The van der Waals surface area contributed by atoms with Crippen molar-refractivity contribution in [2.45, 2.75) is 26.6 Å². The van der Waals surface area contributed by atoms with Crippen molar-refractivity contribution in [1.82, 2.24) is 0 Å². The van der Waals surface area contributed by atoms with Crippen molar-refractivity contribution in [3.05, 3.63) is 47.5 Å². The van der Waals surface area contributed by atoms with Crippen LogP contribution in [0.1, 0.15) is 18.1 Å². The van der Waals surface area contributed by atoms with E-state index >= 15 is 0 Å². The molecule has 1 aliphatic rings. The van der Waals surface area contributed by atoms with E-state index in [9.17, 15) is 0 Å². The van der Waals surface area contributed by atoms with Gasteiger partial charge in [-0.3, -0.25) is 0 Å². The zero-order valence-corrected chi connectivity index (χ0v) is 12.8. The van der Waals surface area contributed by atoms with Crippen molar-refractivity contribution < 1.29 is 9.47 Å². The van der Waals surface area contributed by atoms with E-state index in [4.69, 9.17) is 15.2 Å². The van der Waals surface area contributed by atoms with Crippen molar-refractivity contribution in [2.24, 2.45) is 5.73 Å². The SMILES string of the molecule is Cc1c2c(c3c(ccc4ccccc43)c1CCN)OC(C)O2. The maximum atomic E-state index is 5.99. The molecule has 1 aliphatic heterocycles. The molecule has 0 spiro atoms. The monoisotopic (exact) mass is 293 g/mol. The summed E-state index contributed by atoms with van der Waals surface area (Å²) < 4.78 is 11.9. The normalized spacial score (nSPS) is 16.6. The lowest BCUT2D eigenvalue weighted by atomic mass is 9.92. The standard InChI is InChI=1S/C19H19NO2/c1-11-14(9-10-20)16-8-7-13-5-3-4-6-15(13)17(16)19-18(11)21-12(2)22-19/h3-8,12H,9-10,20H2,1-2H3. The van der Waals surface area contributed by atoms with E-state index in [-0.39, 0.29) is 6.29 Å². The Balaban J connectivity index is 2.20. The van der Waals surface area contributed by atoms with Gasteiger partial charge < -0.3 is 15.2 Å². The summed E-state index contributed by atoms with van der Waals surface area (Å²) in [6.07, 6.45) is 0.593. The lowest BCUT2D eigenvalue weighted by Gasteiger charge is -2.15. The van der Waals surface area contributed by atoms with Gasteiger partial charge in [-0.2, -0.15) is 0 Å². The highest BCUT2D eigenvalue weighted by Crippen LogP contribution is 2.48. The van der Waals surface area contributed by atoms with Crippen molar-refractivity contribution in [1.29, 1.82) is 0 Å². The summed E-state index contributed by atoms with van der Waals surface area (Å²) in [5.74, 6) is 1.75. The molecular formula is C19H19NO2. The van der Waals surface area contributed by atoms with Crippen LogP contribution in [0.25, 0.3) is 21.5 Å². The van der Waals surface area contributed by atoms with Crippen LogP contribution in [0.5, 0.6) is 11.5 Å². The second-order valence-corrected chi connectivity index (χ2v) is 5.81. The third-order valence-corrected chi connectivity index (χ3v) is 4.44. The zero-order valence-electron chi connectivity index (χ0n) is 12.8. The van der Waals surface area contributed by atoms with E-state index in [2.05, 4.69) is 43.3 Å². The first-order chi connectivity index (χ1) is 10.7. The summed E-state index contributed by atoms with van der Waals surface area (Å²) in [7, 11) is 0. The molecule has 0 aromatic heterocycles. The summed E-state index contributed by atoms with van der Waals surface area (Å²) >= 11 is 0. The summed E-state index contributed by atoms with van der Waals surface area (Å²) in [6, 6.07) is 12.7. The van der Waals surface area contributed by atoms with Crippen molar-refractivity contribution in [2.75, 3.05) is 6.54 Å². The van der Waals surface area contributed by atoms with E-state index in [0.29, 0.717) is 6.54 Å². The van der Waals surface area contributed by atoms with Crippen molar-refractivity contribution in [3.63, 3.8) is 0 Å². The molecule has 0 saturated carbocycles. The first kappa shape index (κ1) is 13.4. The minimum absolute atomic E-state index is 0.246. The van der Waals surface area contributed by atoms with Gasteiger partial charge in [-0.15, -0.1) is 0 Å². The Morgan fingerprint density at radius 3 is 2.59 bits per heavy atom. The molecule has 112 valence electrons. The predicted molar refractivity (Wildman–Crippen MR) is 89.7 cm³/mol. The molecule has 4 rings (SSSR count). The Morgan fingerprint density at radius 1 is 1.00 bits per heavy atom. The lowest BCUT2D eigenvalue weighted by Crippen LogP contribution is -2.11. The molecule has 0 aliphatic carbocycles. The molecule has 1 heterocycles. The Kier molecular flexibility index (Phi) is 2.98. The largest absolute Gasteiger partial charge is 0.451 e. The van der Waals surface area contributed by atoms with Gasteiger partial charge in [-0.1, -0.05) is 36.4 Å². The van der Waals surface area contributed by atoms with Gasteiger partial charge in [0.15, 0.2) is 11.5 Å². The van der Waals surface area contributed by atoms with E-state index in [1.807, 2.05) is 6.92 Å². The van der Waals surface area contributed by atoms with Gasteiger partial charge >= 0.3 is 0 Å². The Labute approximate surface area is 129 Å². The fraction of sp³-hybridized carbons (Fsp3) is 0.263. The number of hydrogen-bond acceptors (Lipinski definition) is 3. The smallest absolute Gasteiger partial charge is 0.238 e. The van der Waals surface area contributed by atoms with Gasteiger partial charge in [0.2, 0.25) is 6.29 Å². The highest BCUT2D eigenvalue weighted by molar-refractivity contribution is 6.13. The van der Waals surface area contributed by atoms with Gasteiger partial charge in [0.05, 0.1) is 0 Å². The molecule has 22 heavy (non-hydrogen) atoms. The van der Waals surface area contributed by atoms with E-state index < -0.39 is 0 Å². The molecule has 3 nitrogen and oxygen atoms in total. The van der Waals surface area contributed by atoms with Gasteiger partial charge in [0, 0.05) is 12.3 Å². The topological polar surface area (TPSA) is 44.5 Å². The van der Waals surface area contributed by atoms with Crippen LogP contribution in [-0.2, 0) is 6.42 Å². The fourth-order valence-corrected chi connectivity index (χ4v) is 3.47. The Hall–Kier alpha value is -2.26. The van der Waals surface area contributed by atoms with Gasteiger partial charge in [-0.05, 0) is 47.2 Å². The van der Waals surface area contributed by atoms with Crippen LogP contribution in [-0.4, -0.2) is 12.8 Å². The number of fused-ring (bicyclic) bond motifs is 5. The first-order valence-electron chi connectivity index (χ1n) is 7.71. The van der Waals surface area contributed by atoms with Crippen LogP contribution >= 0.6 is 0 Å². The highest BCUT2D eigenvalue weighted by Gasteiger charge is 2.28. The number of nitrogens with two attached hydrogens (primary N) is 1. The van der Waals surface area contributed by atoms with E-state index in [1.54, 1.807) is 0 Å². The second-order valence-electron chi connectivity index (χ2n) is 5.81. The van der Waals surface area contributed by atoms with Gasteiger partial charge in [0.25, 0.3) is 0 Å². The molecule has 3 heteroatoms. The highest BCUT2D eigenvalue weighted by atomic mass is 16.7. The van der Waals surface area contributed by atoms with E-state index in [0.717, 1.165) is 28.9 Å². The van der Waals surface area contributed by atoms with Crippen LogP contribution < -0.4 is 15.2 Å². The quantitative estimate of drug-likeness (QED) is 0.728. The molecule has 0 fully saturated rings. The predicted octanol–water partition coefficient (Wildman–Crippen LogP) is 3.92. The molecular weight excluding hydrogens is 274 g/mol. The number of hydrogen-bond donors (Lipinski definition) is 1. The third-order valence-electron chi connectivity index (χ3n) is 4.44. The summed E-state index contributed by atoms with van der Waals surface area (Å²) in [6.45, 7) is 4.65. The lowest BCUT2D eigenvalue weighted by molar-refractivity contribution is 0.0682. The molecule has 1 atom stereocenters. The molecule has 1 unspecified atom stereocenters. The Morgan fingerprint density at radius 2 is 1.77 bits per heavy atom. The summed E-state index contributed by atoms with van der Waals surface area (Å²) in [5, 5.41) is 4.78. The van der Waals surface area contributed by atoms with Crippen LogP contribution in [0.3, 0.4) is 0 Å². The molecule has 0 amide bonds. The molecule has 0 bridgehead atoms. The fourth-order valence-electron chi connectivity index (χ4n) is 3.47. The number of ether oxygens (including phenoxy) is 2. The average molecular weight is 293 g/mol. The van der Waals surface area contributed by atoms with Crippen molar-refractivity contribution in [3.8, 4) is 11.5 Å². The van der Waals surface area contributed by atoms with Gasteiger partial charge in [0.1, 0.15) is 0 Å². The maximum absolute atomic E-state index is 5.99. The summed E-state index contributed by atoms with van der Waals surface area (Å²) in [5.41, 5.74) is 8.24. The molecule has 3 aromatic rings. The summed E-state index contributed by atoms with van der Waals surface area (Å²) in [4.78, 5) is 0. The molecule has 3 aromatic carbocycles. The number of benzene rings is 3. The van der Waals surface area contributed by atoms with Crippen LogP contribution in [0.15, 0.2) is 36.4 Å². The van der Waals surface area contributed by atoms with Crippen LogP contribution in [0.4, 0.5) is 0 Å². The second kappa shape index (κ2) is 4.89. The third kappa shape index (κ3) is 1.79. The minimum Gasteiger partial charge on any atom is -0.451 e. The zero-order chi connectivity index (χ0) is 15.3. The molecule has 0 saturated heterocycles. The van der Waals surface area contributed by atoms with Crippen LogP contribution in [0, 0.1) is 6.92 Å². The van der Waals surface area contributed by atoms with Crippen LogP contribution in [0.2, 0.25) is 0 Å². The van der Waals surface area contributed by atoms with E-state index in [1.165, 1.54) is 21.7 Å². The Bertz CT molecular complexity index is 886. The van der Waals surface area contributed by atoms with Crippen molar-refractivity contribution >= 4 is 21.5 Å². The number of rotatable bonds is 2. The maximum Gasteiger partial charge on any atom is 0.238 e. The van der Waals surface area contributed by atoms with Gasteiger partial charge in [-0.25, -0.2) is 0 Å². The first-order valence-corrected chi connectivity index (χ1v) is 7.71.